The number of aromatic nitrogens is 1. The number of aryl methyl sites for hydroxylation is 1. The Hall–Kier alpha value is -1.18. The number of nitrogens with one attached hydrogen (secondary N) is 1. The summed E-state index contributed by atoms with van der Waals surface area (Å²) >= 11 is 1.70. The molecule has 0 amide bonds. The highest BCUT2D eigenvalue weighted by atomic mass is 32.1. The van der Waals surface area contributed by atoms with Gasteiger partial charge in [-0.15, -0.1) is 11.3 Å². The summed E-state index contributed by atoms with van der Waals surface area (Å²) in [6, 6.07) is 0. The van der Waals surface area contributed by atoms with Gasteiger partial charge in [-0.3, -0.25) is 4.99 Å². The van der Waals surface area contributed by atoms with Crippen molar-refractivity contribution in [1.82, 2.24) is 25.0 Å². The minimum atomic E-state index is 0.800. The molecule has 142 valence electrons. The monoisotopic (exact) mass is 366 g/mol. The lowest BCUT2D eigenvalue weighted by molar-refractivity contribution is 0.275. The van der Waals surface area contributed by atoms with Crippen molar-refractivity contribution in [3.05, 3.63) is 16.1 Å². The van der Waals surface area contributed by atoms with Crippen molar-refractivity contribution in [3.63, 3.8) is 0 Å². The van der Waals surface area contributed by atoms with Gasteiger partial charge in [-0.2, -0.15) is 0 Å². The fraction of sp³-hybridized carbons (Fsp3) is 0.778. The molecule has 1 saturated heterocycles. The van der Waals surface area contributed by atoms with Gasteiger partial charge in [0, 0.05) is 38.6 Å². The standard InChI is InChI=1S/C18H34N6S/c1-5-19-18(23(4)14-17-15-25-16(2)21-17)20-8-6-10-24-11-7-9-22(3)12-13-24/h15H,5-14H2,1-4H3,(H,19,20). The van der Waals surface area contributed by atoms with Gasteiger partial charge >= 0.3 is 0 Å². The third kappa shape index (κ3) is 7.30. The van der Waals surface area contributed by atoms with Crippen LogP contribution >= 0.6 is 11.3 Å². The van der Waals surface area contributed by atoms with Gasteiger partial charge in [-0.25, -0.2) is 4.98 Å². The van der Waals surface area contributed by atoms with Crippen LogP contribution in [0.1, 0.15) is 30.5 Å². The van der Waals surface area contributed by atoms with Crippen LogP contribution in [-0.2, 0) is 6.54 Å². The molecule has 0 aliphatic carbocycles. The second-order valence-electron chi connectivity index (χ2n) is 6.80. The number of aliphatic imine (C=N–C) groups is 1. The molecule has 7 heteroatoms. The van der Waals surface area contributed by atoms with Gasteiger partial charge in [-0.05, 0) is 53.4 Å². The van der Waals surface area contributed by atoms with Crippen molar-refractivity contribution in [3.8, 4) is 0 Å². The SMILES string of the molecule is CCNC(=NCCCN1CCCN(C)CC1)N(C)Cc1csc(C)n1. The van der Waals surface area contributed by atoms with Crippen molar-refractivity contribution >= 4 is 17.3 Å². The molecule has 0 unspecified atom stereocenters. The Balaban J connectivity index is 1.78. The summed E-state index contributed by atoms with van der Waals surface area (Å²) in [6.07, 6.45) is 2.39. The quantitative estimate of drug-likeness (QED) is 0.454. The van der Waals surface area contributed by atoms with Gasteiger partial charge in [0.15, 0.2) is 5.96 Å². The van der Waals surface area contributed by atoms with Crippen LogP contribution < -0.4 is 5.32 Å². The van der Waals surface area contributed by atoms with E-state index in [1.54, 1.807) is 11.3 Å². The van der Waals surface area contributed by atoms with Gasteiger partial charge in [-0.1, -0.05) is 0 Å². The van der Waals surface area contributed by atoms with Gasteiger partial charge in [0.05, 0.1) is 17.2 Å². The number of guanidine groups is 1. The number of rotatable bonds is 7. The normalized spacial score (nSPS) is 17.5. The number of hydrogen-bond donors (Lipinski definition) is 1. The Morgan fingerprint density at radius 2 is 2.20 bits per heavy atom. The van der Waals surface area contributed by atoms with E-state index < -0.39 is 0 Å². The maximum Gasteiger partial charge on any atom is 0.194 e. The maximum atomic E-state index is 4.81. The molecular formula is C18H34N6S. The fourth-order valence-electron chi connectivity index (χ4n) is 3.07. The topological polar surface area (TPSA) is 47.0 Å². The highest BCUT2D eigenvalue weighted by Gasteiger charge is 2.12. The first-order valence-electron chi connectivity index (χ1n) is 9.40. The second kappa shape index (κ2) is 10.7. The minimum absolute atomic E-state index is 0.800. The molecule has 0 aromatic carbocycles. The Labute approximate surface area is 156 Å². The average Bonchev–Trinajstić information content (AvgIpc) is 2.87. The summed E-state index contributed by atoms with van der Waals surface area (Å²) in [4.78, 5) is 16.5. The van der Waals surface area contributed by atoms with Crippen LogP contribution in [0, 0.1) is 6.92 Å². The first-order chi connectivity index (χ1) is 12.1. The number of likely N-dealkylation sites (N-methyl/N-ethyl adjacent to an activating group) is 1. The zero-order valence-electron chi connectivity index (χ0n) is 16.3. The summed E-state index contributed by atoms with van der Waals surface area (Å²) in [6.45, 7) is 12.7. The molecule has 1 N–H and O–H groups in total. The van der Waals surface area contributed by atoms with E-state index in [-0.39, 0.29) is 0 Å². The number of hydrogen-bond acceptors (Lipinski definition) is 5. The summed E-state index contributed by atoms with van der Waals surface area (Å²) in [5, 5.41) is 6.64. The lowest BCUT2D eigenvalue weighted by Crippen LogP contribution is -2.38. The minimum Gasteiger partial charge on any atom is -0.357 e. The van der Waals surface area contributed by atoms with E-state index in [2.05, 4.69) is 51.4 Å². The molecule has 1 aromatic rings. The summed E-state index contributed by atoms with van der Waals surface area (Å²) < 4.78 is 0. The van der Waals surface area contributed by atoms with Gasteiger partial charge in [0.25, 0.3) is 0 Å². The second-order valence-corrected chi connectivity index (χ2v) is 7.86. The van der Waals surface area contributed by atoms with E-state index in [0.717, 1.165) is 49.3 Å². The smallest absolute Gasteiger partial charge is 0.194 e. The molecule has 0 radical (unpaired) electrons. The fourth-order valence-corrected chi connectivity index (χ4v) is 3.68. The molecule has 0 saturated carbocycles. The molecule has 0 atom stereocenters. The van der Waals surface area contributed by atoms with Crippen LogP contribution in [0.15, 0.2) is 10.4 Å². The Kier molecular flexibility index (Phi) is 8.64. The largest absolute Gasteiger partial charge is 0.357 e. The van der Waals surface area contributed by atoms with Crippen LogP contribution in [-0.4, -0.2) is 85.6 Å². The predicted octanol–water partition coefficient (Wildman–Crippen LogP) is 1.88. The zero-order chi connectivity index (χ0) is 18.1. The van der Waals surface area contributed by atoms with Crippen LogP contribution in [0.25, 0.3) is 0 Å². The molecule has 0 bridgehead atoms. The molecule has 1 aromatic heterocycles. The lowest BCUT2D eigenvalue weighted by atomic mass is 10.3. The number of nitrogens with zero attached hydrogens (tertiary/aromatic N) is 5. The van der Waals surface area contributed by atoms with Crippen molar-refractivity contribution in [2.45, 2.75) is 33.2 Å². The molecule has 2 rings (SSSR count). The van der Waals surface area contributed by atoms with Crippen molar-refractivity contribution in [2.24, 2.45) is 4.99 Å². The lowest BCUT2D eigenvalue weighted by Gasteiger charge is -2.22. The Morgan fingerprint density at radius 1 is 1.36 bits per heavy atom. The molecule has 2 heterocycles. The van der Waals surface area contributed by atoms with E-state index >= 15 is 0 Å². The van der Waals surface area contributed by atoms with Crippen molar-refractivity contribution < 1.29 is 0 Å². The summed E-state index contributed by atoms with van der Waals surface area (Å²) in [5.74, 6) is 0.976. The molecule has 6 nitrogen and oxygen atoms in total. The van der Waals surface area contributed by atoms with Crippen LogP contribution in [0.3, 0.4) is 0 Å². The van der Waals surface area contributed by atoms with Crippen LogP contribution in [0.5, 0.6) is 0 Å². The van der Waals surface area contributed by atoms with Gasteiger partial charge < -0.3 is 20.0 Å². The highest BCUT2D eigenvalue weighted by molar-refractivity contribution is 7.09. The van der Waals surface area contributed by atoms with E-state index in [9.17, 15) is 0 Å². The van der Waals surface area contributed by atoms with E-state index in [1.165, 1.54) is 32.6 Å². The molecule has 0 spiro atoms. The first kappa shape index (κ1) is 20.1. The Bertz CT molecular complexity index is 529. The van der Waals surface area contributed by atoms with Crippen LogP contribution in [0.2, 0.25) is 0 Å². The third-order valence-corrected chi connectivity index (χ3v) is 5.29. The summed E-state index contributed by atoms with van der Waals surface area (Å²) in [7, 11) is 4.30. The van der Waals surface area contributed by atoms with E-state index in [0.29, 0.717) is 0 Å². The molecule has 1 fully saturated rings. The molecule has 1 aliphatic rings. The van der Waals surface area contributed by atoms with E-state index in [1.807, 2.05) is 6.92 Å². The molecule has 25 heavy (non-hydrogen) atoms. The summed E-state index contributed by atoms with van der Waals surface area (Å²) in [5.41, 5.74) is 1.12. The molecule has 1 aliphatic heterocycles. The van der Waals surface area contributed by atoms with E-state index in [4.69, 9.17) is 4.99 Å². The van der Waals surface area contributed by atoms with Crippen molar-refractivity contribution in [2.75, 3.05) is 59.9 Å². The van der Waals surface area contributed by atoms with Crippen LogP contribution in [0.4, 0.5) is 0 Å². The molecular weight excluding hydrogens is 332 g/mol. The number of thiazole rings is 1. The van der Waals surface area contributed by atoms with Gasteiger partial charge in [0.1, 0.15) is 0 Å². The zero-order valence-corrected chi connectivity index (χ0v) is 17.1. The highest BCUT2D eigenvalue weighted by Crippen LogP contribution is 2.10. The van der Waals surface area contributed by atoms with Crippen molar-refractivity contribution in [1.29, 1.82) is 0 Å². The van der Waals surface area contributed by atoms with Gasteiger partial charge in [0.2, 0.25) is 0 Å². The predicted molar refractivity (Wildman–Crippen MR) is 107 cm³/mol. The average molecular weight is 367 g/mol. The first-order valence-corrected chi connectivity index (χ1v) is 10.3. The third-order valence-electron chi connectivity index (χ3n) is 4.47. The maximum absolute atomic E-state index is 4.81. The Morgan fingerprint density at radius 3 is 2.92 bits per heavy atom.